The van der Waals surface area contributed by atoms with Crippen molar-refractivity contribution in [1.82, 2.24) is 0 Å². The van der Waals surface area contributed by atoms with Gasteiger partial charge >= 0.3 is 13.1 Å². The Morgan fingerprint density at radius 1 is 0.966 bits per heavy atom. The van der Waals surface area contributed by atoms with Crippen molar-refractivity contribution in [2.24, 2.45) is 0 Å². The number of hydrogen-bond donors (Lipinski definition) is 2. The largest absolute Gasteiger partial charge is 0.523 e. The van der Waals surface area contributed by atoms with E-state index in [9.17, 15) is 4.79 Å². The summed E-state index contributed by atoms with van der Waals surface area (Å²) in [5.41, 5.74) is -0.244. The first-order valence-electron chi connectivity index (χ1n) is 11.1. The summed E-state index contributed by atoms with van der Waals surface area (Å²) in [6, 6.07) is 0. The van der Waals surface area contributed by atoms with Crippen LogP contribution in [0, 0.1) is 0 Å². The normalized spacial score (nSPS) is 14.6. The van der Waals surface area contributed by atoms with Crippen LogP contribution in [0.3, 0.4) is 0 Å². The van der Waals surface area contributed by atoms with Gasteiger partial charge in [0, 0.05) is 0 Å². The summed E-state index contributed by atoms with van der Waals surface area (Å²) >= 11 is 9.76. The number of likely N-dealkylation sites (N-methyl/N-ethyl adjacent to an activating group) is 1. The lowest BCUT2D eigenvalue weighted by Gasteiger charge is -2.26. The molecule has 0 radical (unpaired) electrons. The number of rotatable bonds is 20. The number of thiol groups is 1. The van der Waals surface area contributed by atoms with Gasteiger partial charge in [0.1, 0.15) is 6.54 Å². The Labute approximate surface area is 190 Å². The number of unbranched alkanes of at least 4 members (excludes halogenated alkanes) is 10. The van der Waals surface area contributed by atoms with E-state index in [0.717, 1.165) is 12.8 Å². The lowest BCUT2D eigenvalue weighted by molar-refractivity contribution is -0.873. The average Bonchev–Trinajstić information content (AvgIpc) is 2.57. The van der Waals surface area contributed by atoms with E-state index in [4.69, 9.17) is 26.0 Å². The number of nitrogens with zero attached hydrogens (tertiary/aromatic N) is 1. The summed E-state index contributed by atoms with van der Waals surface area (Å²) in [4.78, 5) is 11.1. The van der Waals surface area contributed by atoms with Crippen LogP contribution in [0.25, 0.3) is 0 Å². The van der Waals surface area contributed by atoms with Gasteiger partial charge in [-0.05, 0) is 12.8 Å². The van der Waals surface area contributed by atoms with Gasteiger partial charge in [0.2, 0.25) is 11.8 Å². The van der Waals surface area contributed by atoms with Crippen molar-refractivity contribution in [1.29, 1.82) is 0 Å². The summed E-state index contributed by atoms with van der Waals surface area (Å²) in [5, 5.41) is 9.07. The SMILES string of the molecule is CCCCCCCCCCCCC[C@@H](S)O[P+](=S)OC(CC(=O)O)C[N+](C)(C)C. The van der Waals surface area contributed by atoms with Crippen LogP contribution in [0.15, 0.2) is 0 Å². The minimum absolute atomic E-state index is 0.0653. The molecule has 1 N–H and O–H groups in total. The molecular formula is C21H44NO4PS2+2. The lowest BCUT2D eigenvalue weighted by atomic mass is 10.1. The van der Waals surface area contributed by atoms with Crippen molar-refractivity contribution in [3.05, 3.63) is 0 Å². The third-order valence-corrected chi connectivity index (χ3v) is 6.59. The molecule has 0 fully saturated rings. The molecule has 3 atom stereocenters. The van der Waals surface area contributed by atoms with Crippen LogP contribution in [0.1, 0.15) is 90.4 Å². The molecule has 172 valence electrons. The molecule has 0 heterocycles. The van der Waals surface area contributed by atoms with E-state index < -0.39 is 19.2 Å². The second-order valence-electron chi connectivity index (χ2n) is 8.91. The van der Waals surface area contributed by atoms with Gasteiger partial charge in [-0.1, -0.05) is 71.1 Å². The minimum atomic E-state index is -1.55. The van der Waals surface area contributed by atoms with Gasteiger partial charge in [-0.25, -0.2) is 0 Å². The van der Waals surface area contributed by atoms with E-state index in [1.165, 1.54) is 64.2 Å². The molecule has 0 saturated carbocycles. The molecule has 0 spiro atoms. The van der Waals surface area contributed by atoms with E-state index in [2.05, 4.69) is 19.6 Å². The maximum absolute atomic E-state index is 11.1. The van der Waals surface area contributed by atoms with E-state index in [0.29, 0.717) is 11.0 Å². The molecule has 0 saturated heterocycles. The molecular weight excluding hydrogens is 425 g/mol. The van der Waals surface area contributed by atoms with Crippen molar-refractivity contribution in [3.63, 3.8) is 0 Å². The first-order valence-corrected chi connectivity index (χ1v) is 13.9. The molecule has 0 aliphatic rings. The predicted octanol–water partition coefficient (Wildman–Crippen LogP) is 6.30. The fourth-order valence-corrected chi connectivity index (χ4v) is 5.27. The highest BCUT2D eigenvalue weighted by molar-refractivity contribution is 8.00. The van der Waals surface area contributed by atoms with Gasteiger partial charge in [0.05, 0.1) is 27.6 Å². The second kappa shape index (κ2) is 17.9. The highest BCUT2D eigenvalue weighted by atomic mass is 32.4. The Balaban J connectivity index is 3.82. The Hall–Kier alpha value is 0.220. The van der Waals surface area contributed by atoms with E-state index in [-0.39, 0.29) is 11.9 Å². The van der Waals surface area contributed by atoms with Gasteiger partial charge in [0.15, 0.2) is 11.5 Å². The number of carboxylic acids is 1. The number of quaternary nitrogens is 1. The first kappa shape index (κ1) is 29.2. The molecule has 8 heteroatoms. The first-order chi connectivity index (χ1) is 13.6. The number of hydrogen-bond acceptors (Lipinski definition) is 5. The van der Waals surface area contributed by atoms with Crippen molar-refractivity contribution in [2.75, 3.05) is 27.7 Å². The molecule has 0 rings (SSSR count). The van der Waals surface area contributed by atoms with Crippen molar-refractivity contribution >= 4 is 37.6 Å². The van der Waals surface area contributed by atoms with Crippen LogP contribution >= 0.6 is 19.8 Å². The zero-order valence-electron chi connectivity index (χ0n) is 19.0. The fraction of sp³-hybridized carbons (Fsp3) is 0.952. The van der Waals surface area contributed by atoms with E-state index in [1.54, 1.807) is 0 Å². The second-order valence-corrected chi connectivity index (χ2v) is 11.2. The van der Waals surface area contributed by atoms with Gasteiger partial charge in [-0.2, -0.15) is 0 Å². The summed E-state index contributed by atoms with van der Waals surface area (Å²) in [6.45, 7) is 2.83. The van der Waals surface area contributed by atoms with Crippen molar-refractivity contribution < 1.29 is 23.4 Å². The summed E-state index contributed by atoms with van der Waals surface area (Å²) in [7, 11) is 4.45. The number of carboxylic acid groups (broad SMARTS) is 1. The molecule has 0 aromatic carbocycles. The van der Waals surface area contributed by atoms with E-state index in [1.807, 2.05) is 21.1 Å². The van der Waals surface area contributed by atoms with Crippen LogP contribution in [0.4, 0.5) is 0 Å². The standard InChI is InChI=1S/C21H42NO4PS2/c1-5-6-7-8-9-10-11-12-13-14-15-16-21(28)26-27(29)25-19(17-20(23)24)18-22(2,3)4/h19,21H,5-18H2,1-4H3/p+2/t19?,21-/m1/s1. The highest BCUT2D eigenvalue weighted by Gasteiger charge is 2.31. The van der Waals surface area contributed by atoms with Gasteiger partial charge < -0.3 is 9.59 Å². The maximum atomic E-state index is 11.1. The maximum Gasteiger partial charge on any atom is 0.523 e. The quantitative estimate of drug-likeness (QED) is 0.0720. The number of aliphatic carboxylic acids is 1. The topological polar surface area (TPSA) is 55.8 Å². The lowest BCUT2D eigenvalue weighted by Crippen LogP contribution is -2.42. The molecule has 0 aliphatic heterocycles. The molecule has 5 nitrogen and oxygen atoms in total. The number of carbonyl (C=O) groups is 1. The van der Waals surface area contributed by atoms with Crippen LogP contribution in [-0.4, -0.2) is 54.8 Å². The smallest absolute Gasteiger partial charge is 0.481 e. The summed E-state index contributed by atoms with van der Waals surface area (Å²) < 4.78 is 12.0. The van der Waals surface area contributed by atoms with Crippen molar-refractivity contribution in [2.45, 2.75) is 102 Å². The van der Waals surface area contributed by atoms with Gasteiger partial charge in [-0.3, -0.25) is 4.79 Å². The Morgan fingerprint density at radius 2 is 1.45 bits per heavy atom. The molecule has 2 unspecified atom stereocenters. The Bertz CT molecular complexity index is 447. The molecule has 0 aromatic heterocycles. The molecule has 0 aliphatic carbocycles. The molecule has 29 heavy (non-hydrogen) atoms. The van der Waals surface area contributed by atoms with Crippen LogP contribution in [-0.2, 0) is 25.6 Å². The van der Waals surface area contributed by atoms with Crippen LogP contribution in [0.2, 0.25) is 0 Å². The molecule has 0 bridgehead atoms. The molecule has 0 amide bonds. The van der Waals surface area contributed by atoms with Gasteiger partial charge in [-0.15, -0.1) is 21.7 Å². The highest BCUT2D eigenvalue weighted by Crippen LogP contribution is 2.32. The zero-order valence-corrected chi connectivity index (χ0v) is 21.6. The predicted molar refractivity (Wildman–Crippen MR) is 129 cm³/mol. The average molecular weight is 470 g/mol. The third-order valence-electron chi connectivity index (χ3n) is 4.65. The van der Waals surface area contributed by atoms with E-state index >= 15 is 0 Å². The Kier molecular flexibility index (Phi) is 18.0. The minimum Gasteiger partial charge on any atom is -0.481 e. The van der Waals surface area contributed by atoms with Crippen LogP contribution < -0.4 is 0 Å². The van der Waals surface area contributed by atoms with Gasteiger partial charge in [0.25, 0.3) is 0 Å². The Morgan fingerprint density at radius 3 is 1.90 bits per heavy atom. The molecule has 0 aromatic rings. The third kappa shape index (κ3) is 21.2. The monoisotopic (exact) mass is 469 g/mol. The summed E-state index contributed by atoms with van der Waals surface area (Å²) in [5.74, 6) is -0.884. The zero-order chi connectivity index (χ0) is 22.1. The fourth-order valence-electron chi connectivity index (χ4n) is 3.22. The van der Waals surface area contributed by atoms with Crippen molar-refractivity contribution in [3.8, 4) is 0 Å². The van der Waals surface area contributed by atoms with Crippen LogP contribution in [0.5, 0.6) is 0 Å². The summed E-state index contributed by atoms with van der Waals surface area (Å²) in [6.07, 6.45) is 14.7.